The van der Waals surface area contributed by atoms with Crippen molar-refractivity contribution in [2.24, 2.45) is 0 Å². The number of hydrogen-bond donors (Lipinski definition) is 1. The highest BCUT2D eigenvalue weighted by Gasteiger charge is 2.06. The molecule has 0 heterocycles. The highest BCUT2D eigenvalue weighted by Crippen LogP contribution is 2.24. The van der Waals surface area contributed by atoms with Crippen molar-refractivity contribution in [3.05, 3.63) is 59.4 Å². The molecule has 0 aromatic heterocycles. The minimum Gasteiger partial charge on any atom is -0.313 e. The third kappa shape index (κ3) is 3.42. The molecule has 0 unspecified atom stereocenters. The molecule has 100 valence electrons. The number of hydrogen-bond acceptors (Lipinski definition) is 1. The number of nitrogens with one attached hydrogen (secondary N) is 1. The van der Waals surface area contributed by atoms with Crippen LogP contribution in [-0.4, -0.2) is 6.54 Å². The van der Waals surface area contributed by atoms with Crippen molar-refractivity contribution in [3.8, 4) is 11.1 Å². The van der Waals surface area contributed by atoms with Gasteiger partial charge in [0.2, 0.25) is 0 Å². The van der Waals surface area contributed by atoms with Gasteiger partial charge in [0, 0.05) is 12.1 Å². The van der Waals surface area contributed by atoms with E-state index < -0.39 is 0 Å². The first-order valence-corrected chi connectivity index (χ1v) is 6.83. The Morgan fingerprint density at radius 2 is 1.84 bits per heavy atom. The average molecular weight is 257 g/mol. The Hall–Kier alpha value is -1.67. The van der Waals surface area contributed by atoms with Gasteiger partial charge in [-0.25, -0.2) is 4.39 Å². The first-order chi connectivity index (χ1) is 9.24. The van der Waals surface area contributed by atoms with Gasteiger partial charge in [0.1, 0.15) is 5.82 Å². The van der Waals surface area contributed by atoms with Gasteiger partial charge in [-0.3, -0.25) is 0 Å². The molecule has 0 saturated heterocycles. The van der Waals surface area contributed by atoms with Crippen LogP contribution in [0.2, 0.25) is 0 Å². The normalized spacial score (nSPS) is 10.7. The maximum absolute atomic E-state index is 14.2. The number of benzene rings is 2. The summed E-state index contributed by atoms with van der Waals surface area (Å²) in [5.74, 6) is -0.149. The maximum atomic E-state index is 14.2. The van der Waals surface area contributed by atoms with E-state index in [1.807, 2.05) is 31.2 Å². The fourth-order valence-corrected chi connectivity index (χ4v) is 2.13. The lowest BCUT2D eigenvalue weighted by Gasteiger charge is -2.08. The second kappa shape index (κ2) is 6.48. The molecule has 0 saturated carbocycles. The Kier molecular flexibility index (Phi) is 4.69. The van der Waals surface area contributed by atoms with Gasteiger partial charge in [-0.15, -0.1) is 0 Å². The molecule has 0 fully saturated rings. The summed E-state index contributed by atoms with van der Waals surface area (Å²) in [5, 5.41) is 3.20. The van der Waals surface area contributed by atoms with Gasteiger partial charge in [-0.05, 0) is 35.7 Å². The van der Waals surface area contributed by atoms with Gasteiger partial charge in [-0.2, -0.15) is 0 Å². The molecule has 0 aliphatic carbocycles. The summed E-state index contributed by atoms with van der Waals surface area (Å²) in [6, 6.07) is 13.6. The monoisotopic (exact) mass is 257 g/mol. The Morgan fingerprint density at radius 1 is 1.00 bits per heavy atom. The fourth-order valence-electron chi connectivity index (χ4n) is 2.13. The molecular weight excluding hydrogens is 237 g/mol. The predicted molar refractivity (Wildman–Crippen MR) is 78.6 cm³/mol. The summed E-state index contributed by atoms with van der Waals surface area (Å²) in [7, 11) is 0. The molecule has 2 heteroatoms. The average Bonchev–Trinajstić information content (AvgIpc) is 2.45. The van der Waals surface area contributed by atoms with E-state index in [-0.39, 0.29) is 5.82 Å². The van der Waals surface area contributed by atoms with Crippen molar-refractivity contribution in [1.82, 2.24) is 5.32 Å². The quantitative estimate of drug-likeness (QED) is 0.848. The highest BCUT2D eigenvalue weighted by molar-refractivity contribution is 5.65. The molecule has 2 rings (SSSR count). The first-order valence-electron chi connectivity index (χ1n) is 6.83. The second-order valence-electron chi connectivity index (χ2n) is 4.65. The maximum Gasteiger partial charge on any atom is 0.131 e. The highest BCUT2D eigenvalue weighted by atomic mass is 19.1. The molecule has 0 spiro atoms. The van der Waals surface area contributed by atoms with Crippen molar-refractivity contribution in [2.45, 2.75) is 26.8 Å². The van der Waals surface area contributed by atoms with Crippen LogP contribution in [0.3, 0.4) is 0 Å². The summed E-state index contributed by atoms with van der Waals surface area (Å²) < 4.78 is 14.2. The van der Waals surface area contributed by atoms with E-state index in [0.717, 1.165) is 24.1 Å². The Labute approximate surface area is 114 Å². The van der Waals surface area contributed by atoms with E-state index in [9.17, 15) is 4.39 Å². The molecular formula is C17H20FN. The lowest BCUT2D eigenvalue weighted by molar-refractivity contribution is 0.625. The molecule has 1 N–H and O–H groups in total. The van der Waals surface area contributed by atoms with Gasteiger partial charge in [0.05, 0.1) is 0 Å². The molecule has 0 amide bonds. The molecule has 0 aliphatic rings. The lowest BCUT2D eigenvalue weighted by Crippen LogP contribution is -2.11. The van der Waals surface area contributed by atoms with Crippen molar-refractivity contribution >= 4 is 0 Å². The molecule has 2 aromatic rings. The predicted octanol–water partition coefficient (Wildman–Crippen LogP) is 4.16. The van der Waals surface area contributed by atoms with Crippen molar-refractivity contribution in [1.29, 1.82) is 0 Å². The number of rotatable bonds is 5. The van der Waals surface area contributed by atoms with Crippen LogP contribution in [-0.2, 0) is 13.0 Å². The van der Waals surface area contributed by atoms with Crippen LogP contribution < -0.4 is 5.32 Å². The van der Waals surface area contributed by atoms with E-state index in [1.165, 1.54) is 5.56 Å². The topological polar surface area (TPSA) is 12.0 Å². The van der Waals surface area contributed by atoms with Crippen LogP contribution in [0.1, 0.15) is 25.0 Å². The molecule has 19 heavy (non-hydrogen) atoms. The first kappa shape index (κ1) is 13.8. The molecule has 0 atom stereocenters. The SMILES string of the molecule is CCNCc1ccc(-c2cccc(CC)c2)c(F)c1. The zero-order valence-corrected chi connectivity index (χ0v) is 11.5. The summed E-state index contributed by atoms with van der Waals surface area (Å²) in [6.07, 6.45) is 0.966. The van der Waals surface area contributed by atoms with Crippen molar-refractivity contribution < 1.29 is 4.39 Å². The van der Waals surface area contributed by atoms with Gasteiger partial charge < -0.3 is 5.32 Å². The van der Waals surface area contributed by atoms with Crippen LogP contribution in [0.25, 0.3) is 11.1 Å². The van der Waals surface area contributed by atoms with Gasteiger partial charge in [0.25, 0.3) is 0 Å². The standard InChI is InChI=1S/C17H20FN/c1-3-13-6-5-7-15(10-13)16-9-8-14(11-17(16)18)12-19-4-2/h5-11,19H,3-4,12H2,1-2H3. The van der Waals surface area contributed by atoms with Gasteiger partial charge in [-0.1, -0.05) is 50.2 Å². The van der Waals surface area contributed by atoms with Crippen LogP contribution in [0.4, 0.5) is 4.39 Å². The third-order valence-corrected chi connectivity index (χ3v) is 3.26. The summed E-state index contributed by atoms with van der Waals surface area (Å²) in [5.41, 5.74) is 3.84. The van der Waals surface area contributed by atoms with Crippen molar-refractivity contribution in [3.63, 3.8) is 0 Å². The summed E-state index contributed by atoms with van der Waals surface area (Å²) in [4.78, 5) is 0. The summed E-state index contributed by atoms with van der Waals surface area (Å²) in [6.45, 7) is 5.75. The Bertz CT molecular complexity index is 549. The number of halogens is 1. The van der Waals surface area contributed by atoms with E-state index in [4.69, 9.17) is 0 Å². The molecule has 0 aliphatic heterocycles. The number of aryl methyl sites for hydroxylation is 1. The zero-order chi connectivity index (χ0) is 13.7. The van der Waals surface area contributed by atoms with E-state index in [1.54, 1.807) is 6.07 Å². The van der Waals surface area contributed by atoms with Crippen LogP contribution in [0, 0.1) is 5.82 Å². The third-order valence-electron chi connectivity index (χ3n) is 3.26. The lowest BCUT2D eigenvalue weighted by atomic mass is 10.0. The second-order valence-corrected chi connectivity index (χ2v) is 4.65. The molecule has 1 nitrogen and oxygen atoms in total. The van der Waals surface area contributed by atoms with Crippen LogP contribution >= 0.6 is 0 Å². The molecule has 2 aromatic carbocycles. The Balaban J connectivity index is 2.29. The van der Waals surface area contributed by atoms with E-state index in [0.29, 0.717) is 12.1 Å². The van der Waals surface area contributed by atoms with Gasteiger partial charge >= 0.3 is 0 Å². The van der Waals surface area contributed by atoms with Crippen molar-refractivity contribution in [2.75, 3.05) is 6.54 Å². The van der Waals surface area contributed by atoms with E-state index in [2.05, 4.69) is 24.4 Å². The van der Waals surface area contributed by atoms with E-state index >= 15 is 0 Å². The summed E-state index contributed by atoms with van der Waals surface area (Å²) >= 11 is 0. The van der Waals surface area contributed by atoms with Gasteiger partial charge in [0.15, 0.2) is 0 Å². The minimum atomic E-state index is -0.149. The molecule has 0 bridgehead atoms. The smallest absolute Gasteiger partial charge is 0.131 e. The molecule has 0 radical (unpaired) electrons. The van der Waals surface area contributed by atoms with Crippen LogP contribution in [0.15, 0.2) is 42.5 Å². The largest absolute Gasteiger partial charge is 0.313 e. The Morgan fingerprint density at radius 3 is 2.53 bits per heavy atom. The zero-order valence-electron chi connectivity index (χ0n) is 11.5. The minimum absolute atomic E-state index is 0.149. The van der Waals surface area contributed by atoms with Crippen LogP contribution in [0.5, 0.6) is 0 Å². The fraction of sp³-hybridized carbons (Fsp3) is 0.294.